The van der Waals surface area contributed by atoms with Crippen molar-refractivity contribution >= 4 is 27.8 Å². The highest BCUT2D eigenvalue weighted by molar-refractivity contribution is 7.90. The minimum Gasteiger partial charge on any atom is -0.480 e. The van der Waals surface area contributed by atoms with Gasteiger partial charge in [-0.2, -0.15) is 0 Å². The fourth-order valence-corrected chi connectivity index (χ4v) is 2.67. The molecule has 2 atom stereocenters. The predicted octanol–water partition coefficient (Wildman–Crippen LogP) is 0.0128. The maximum atomic E-state index is 11.9. The fraction of sp³-hybridized carbons (Fsp3) is 0.812. The molecule has 0 heterocycles. The van der Waals surface area contributed by atoms with Crippen molar-refractivity contribution in [1.82, 2.24) is 10.6 Å². The van der Waals surface area contributed by atoms with Crippen molar-refractivity contribution in [3.8, 4) is 0 Å². The van der Waals surface area contributed by atoms with Crippen molar-refractivity contribution in [2.24, 2.45) is 5.73 Å². The zero-order valence-electron chi connectivity index (χ0n) is 16.3. The van der Waals surface area contributed by atoms with Crippen LogP contribution < -0.4 is 16.4 Å². The number of carboxylic acids is 1. The second-order valence-electron chi connectivity index (χ2n) is 7.35. The van der Waals surface area contributed by atoms with Gasteiger partial charge in [0.2, 0.25) is 5.91 Å². The third-order valence-electron chi connectivity index (χ3n) is 3.34. The quantitative estimate of drug-likeness (QED) is 0.346. The van der Waals surface area contributed by atoms with Gasteiger partial charge < -0.3 is 26.2 Å². The molecule has 0 aliphatic heterocycles. The van der Waals surface area contributed by atoms with Crippen molar-refractivity contribution in [3.05, 3.63) is 0 Å². The van der Waals surface area contributed by atoms with Gasteiger partial charge in [-0.3, -0.25) is 4.79 Å². The first-order valence-electron chi connectivity index (χ1n) is 8.64. The van der Waals surface area contributed by atoms with Crippen molar-refractivity contribution < 1.29 is 32.6 Å². The number of hydrogen-bond donors (Lipinski definition) is 4. The lowest BCUT2D eigenvalue weighted by Crippen LogP contribution is -2.48. The Kier molecular flexibility index (Phi) is 10.3. The number of nitrogens with two attached hydrogens (primary N) is 1. The fourth-order valence-electron chi connectivity index (χ4n) is 1.99. The summed E-state index contributed by atoms with van der Waals surface area (Å²) in [6.45, 7) is 5.54. The van der Waals surface area contributed by atoms with E-state index in [2.05, 4.69) is 10.6 Å². The van der Waals surface area contributed by atoms with Crippen LogP contribution in [-0.2, 0) is 24.2 Å². The monoisotopic (exact) mass is 409 g/mol. The topological polar surface area (TPSA) is 165 Å². The number of amides is 2. The van der Waals surface area contributed by atoms with E-state index < -0.39 is 45.5 Å². The standard InChI is InChI=1S/C16H31N3O7S/c1-16(2,3)26-15(23)18-9-6-5-7-12(14(21)22)19-13(20)11(17)8-10-27(4,24)25/h11-12H,5-10,17H2,1-4H3,(H,18,23)(H,19,20)(H,21,22)/t11-,12-/m0/s1. The molecule has 0 aromatic carbocycles. The Hall–Kier alpha value is -1.88. The minimum absolute atomic E-state index is 0.0865. The first-order chi connectivity index (χ1) is 12.2. The molecule has 0 aromatic heterocycles. The van der Waals surface area contributed by atoms with Crippen LogP contribution >= 0.6 is 0 Å². The summed E-state index contributed by atoms with van der Waals surface area (Å²) < 4.78 is 27.3. The summed E-state index contributed by atoms with van der Waals surface area (Å²) in [6.07, 6.45) is 1.47. The molecule has 11 heteroatoms. The number of carbonyl (C=O) groups is 3. The summed E-state index contributed by atoms with van der Waals surface area (Å²) in [7, 11) is -3.26. The molecule has 0 aromatic rings. The van der Waals surface area contributed by atoms with E-state index in [9.17, 15) is 27.9 Å². The molecular formula is C16H31N3O7S. The third kappa shape index (κ3) is 13.9. The van der Waals surface area contributed by atoms with Gasteiger partial charge in [0.1, 0.15) is 21.5 Å². The average Bonchev–Trinajstić information content (AvgIpc) is 2.48. The van der Waals surface area contributed by atoms with E-state index in [1.54, 1.807) is 20.8 Å². The van der Waals surface area contributed by atoms with Crippen LogP contribution in [0.4, 0.5) is 4.79 Å². The largest absolute Gasteiger partial charge is 0.480 e. The highest BCUT2D eigenvalue weighted by Crippen LogP contribution is 2.07. The predicted molar refractivity (Wildman–Crippen MR) is 100.0 cm³/mol. The molecule has 0 fully saturated rings. The van der Waals surface area contributed by atoms with E-state index in [1.807, 2.05) is 0 Å². The van der Waals surface area contributed by atoms with Gasteiger partial charge in [0.25, 0.3) is 0 Å². The Bertz CT molecular complexity index is 614. The third-order valence-corrected chi connectivity index (χ3v) is 4.32. The van der Waals surface area contributed by atoms with Crippen LogP contribution in [0.15, 0.2) is 0 Å². The Morgan fingerprint density at radius 2 is 1.74 bits per heavy atom. The molecule has 0 aliphatic carbocycles. The van der Waals surface area contributed by atoms with E-state index in [1.165, 1.54) is 0 Å². The Morgan fingerprint density at radius 3 is 2.22 bits per heavy atom. The molecule has 0 unspecified atom stereocenters. The molecule has 10 nitrogen and oxygen atoms in total. The number of sulfone groups is 1. The molecule has 0 radical (unpaired) electrons. The van der Waals surface area contributed by atoms with Crippen LogP contribution in [0.25, 0.3) is 0 Å². The molecule has 158 valence electrons. The number of unbranched alkanes of at least 4 members (excludes halogenated alkanes) is 1. The Morgan fingerprint density at radius 1 is 1.15 bits per heavy atom. The van der Waals surface area contributed by atoms with Gasteiger partial charge in [-0.15, -0.1) is 0 Å². The number of alkyl carbamates (subject to hydrolysis) is 1. The number of ether oxygens (including phenoxy) is 1. The first kappa shape index (κ1) is 25.1. The number of nitrogens with one attached hydrogen (secondary N) is 2. The number of rotatable bonds is 11. The van der Waals surface area contributed by atoms with E-state index in [0.717, 1.165) is 6.26 Å². The normalized spacial score (nSPS) is 14.1. The first-order valence-corrected chi connectivity index (χ1v) is 10.7. The highest BCUT2D eigenvalue weighted by Gasteiger charge is 2.23. The highest BCUT2D eigenvalue weighted by atomic mass is 32.2. The molecule has 0 saturated heterocycles. The van der Waals surface area contributed by atoms with Crippen molar-refractivity contribution in [2.45, 2.75) is 64.1 Å². The molecule has 0 aliphatic rings. The summed E-state index contributed by atoms with van der Waals surface area (Å²) in [5.74, 6) is -2.17. The smallest absolute Gasteiger partial charge is 0.407 e. The second kappa shape index (κ2) is 11.1. The van der Waals surface area contributed by atoms with Gasteiger partial charge in [0, 0.05) is 12.8 Å². The van der Waals surface area contributed by atoms with Crippen LogP contribution in [0.2, 0.25) is 0 Å². The second-order valence-corrected chi connectivity index (χ2v) is 9.61. The summed E-state index contributed by atoms with van der Waals surface area (Å²) in [4.78, 5) is 34.7. The lowest BCUT2D eigenvalue weighted by Gasteiger charge is -2.20. The van der Waals surface area contributed by atoms with E-state index in [0.29, 0.717) is 19.4 Å². The molecule has 0 spiro atoms. The average molecular weight is 410 g/mol. The molecule has 0 rings (SSSR count). The molecule has 0 saturated carbocycles. The van der Waals surface area contributed by atoms with Crippen LogP contribution in [0.3, 0.4) is 0 Å². The number of carbonyl (C=O) groups excluding carboxylic acids is 2. The van der Waals surface area contributed by atoms with Gasteiger partial charge in [-0.25, -0.2) is 18.0 Å². The summed E-state index contributed by atoms with van der Waals surface area (Å²) >= 11 is 0. The van der Waals surface area contributed by atoms with Gasteiger partial charge in [0.05, 0.1) is 11.8 Å². The zero-order chi connectivity index (χ0) is 21.3. The lowest BCUT2D eigenvalue weighted by molar-refractivity contribution is -0.142. The van der Waals surface area contributed by atoms with E-state index in [-0.39, 0.29) is 18.6 Å². The van der Waals surface area contributed by atoms with Crippen LogP contribution in [-0.4, -0.2) is 67.7 Å². The molecule has 5 N–H and O–H groups in total. The molecule has 27 heavy (non-hydrogen) atoms. The molecular weight excluding hydrogens is 378 g/mol. The van der Waals surface area contributed by atoms with Gasteiger partial charge >= 0.3 is 12.1 Å². The zero-order valence-corrected chi connectivity index (χ0v) is 17.1. The van der Waals surface area contributed by atoms with Gasteiger partial charge in [0.15, 0.2) is 0 Å². The Labute approximate surface area is 160 Å². The molecule has 2 amide bonds. The van der Waals surface area contributed by atoms with Crippen molar-refractivity contribution in [3.63, 3.8) is 0 Å². The van der Waals surface area contributed by atoms with Gasteiger partial charge in [-0.05, 0) is 46.5 Å². The van der Waals surface area contributed by atoms with E-state index in [4.69, 9.17) is 10.5 Å². The Balaban J connectivity index is 4.25. The number of aliphatic carboxylic acids is 1. The summed E-state index contributed by atoms with van der Waals surface area (Å²) in [6, 6.07) is -2.24. The number of hydrogen-bond acceptors (Lipinski definition) is 7. The number of carboxylic acid groups (broad SMARTS) is 1. The van der Waals surface area contributed by atoms with Crippen LogP contribution in [0, 0.1) is 0 Å². The maximum Gasteiger partial charge on any atom is 0.407 e. The minimum atomic E-state index is -3.26. The van der Waals surface area contributed by atoms with Gasteiger partial charge in [-0.1, -0.05) is 0 Å². The van der Waals surface area contributed by atoms with Crippen molar-refractivity contribution in [1.29, 1.82) is 0 Å². The molecule has 0 bridgehead atoms. The summed E-state index contributed by atoms with van der Waals surface area (Å²) in [5.41, 5.74) is 5.00. The van der Waals surface area contributed by atoms with Crippen LogP contribution in [0.1, 0.15) is 46.5 Å². The van der Waals surface area contributed by atoms with Crippen molar-refractivity contribution in [2.75, 3.05) is 18.6 Å². The van der Waals surface area contributed by atoms with E-state index >= 15 is 0 Å². The van der Waals surface area contributed by atoms with Crippen LogP contribution in [0.5, 0.6) is 0 Å². The maximum absolute atomic E-state index is 11.9. The SMILES string of the molecule is CC(C)(C)OC(=O)NCCCC[C@H](NC(=O)[C@@H](N)CCS(C)(=O)=O)C(=O)O. The lowest BCUT2D eigenvalue weighted by atomic mass is 10.1. The summed E-state index contributed by atoms with van der Waals surface area (Å²) in [5, 5.41) is 14.1.